The molecule has 0 spiro atoms. The summed E-state index contributed by atoms with van der Waals surface area (Å²) in [4.78, 5) is 26.1. The smallest absolute Gasteiger partial charge is 0.291 e. The highest BCUT2D eigenvalue weighted by Crippen LogP contribution is 2.29. The Bertz CT molecular complexity index is 654. The van der Waals surface area contributed by atoms with Crippen LogP contribution in [0.4, 0.5) is 5.82 Å². The van der Waals surface area contributed by atoms with Crippen LogP contribution in [0.15, 0.2) is 0 Å². The molecule has 1 saturated heterocycles. The maximum absolute atomic E-state index is 12.9. The molecule has 1 amide bonds. The van der Waals surface area contributed by atoms with Gasteiger partial charge in [0.1, 0.15) is 5.82 Å². The van der Waals surface area contributed by atoms with Crippen LogP contribution in [0.2, 0.25) is 0 Å². The SMILES string of the molecule is Cc1nc(C(=O)N(C)CC2CCC(C)CC2)nc(N2CC[C@@H](N)C2)c1C. The Hall–Kier alpha value is -1.69. The fourth-order valence-electron chi connectivity index (χ4n) is 4.15. The van der Waals surface area contributed by atoms with Crippen molar-refractivity contribution in [2.75, 3.05) is 31.6 Å². The molecule has 2 heterocycles. The number of hydrogen-bond donors (Lipinski definition) is 1. The van der Waals surface area contributed by atoms with Gasteiger partial charge in [-0.25, -0.2) is 9.97 Å². The van der Waals surface area contributed by atoms with Crippen molar-refractivity contribution in [2.45, 2.75) is 58.9 Å². The molecule has 1 aliphatic carbocycles. The van der Waals surface area contributed by atoms with Crippen LogP contribution < -0.4 is 10.6 Å². The Labute approximate surface area is 157 Å². The van der Waals surface area contributed by atoms with Crippen molar-refractivity contribution in [3.8, 4) is 0 Å². The standard InChI is InChI=1S/C20H33N5O/c1-13-5-7-16(8-6-13)11-24(4)20(26)18-22-15(3)14(2)19(23-18)25-10-9-17(21)12-25/h13,16-17H,5-12,21H2,1-4H3/t13?,16?,17-/m1/s1. The number of carbonyl (C=O) groups excluding carboxylic acids is 1. The predicted molar refractivity (Wildman–Crippen MR) is 104 cm³/mol. The molecule has 1 atom stereocenters. The zero-order valence-electron chi connectivity index (χ0n) is 16.7. The minimum atomic E-state index is -0.0727. The van der Waals surface area contributed by atoms with Crippen molar-refractivity contribution >= 4 is 11.7 Å². The van der Waals surface area contributed by atoms with Crippen LogP contribution in [0.3, 0.4) is 0 Å². The molecule has 144 valence electrons. The van der Waals surface area contributed by atoms with Gasteiger partial charge >= 0.3 is 0 Å². The maximum Gasteiger partial charge on any atom is 0.291 e. The van der Waals surface area contributed by atoms with E-state index in [1.807, 2.05) is 25.8 Å². The van der Waals surface area contributed by atoms with Crippen molar-refractivity contribution in [1.82, 2.24) is 14.9 Å². The van der Waals surface area contributed by atoms with E-state index in [1.54, 1.807) is 0 Å². The van der Waals surface area contributed by atoms with Gasteiger partial charge in [-0.1, -0.05) is 19.8 Å². The highest BCUT2D eigenvalue weighted by molar-refractivity contribution is 5.90. The van der Waals surface area contributed by atoms with E-state index in [0.29, 0.717) is 11.7 Å². The minimum absolute atomic E-state index is 0.0727. The third-order valence-corrected chi connectivity index (χ3v) is 6.09. The van der Waals surface area contributed by atoms with Crippen molar-refractivity contribution in [3.63, 3.8) is 0 Å². The lowest BCUT2D eigenvalue weighted by atomic mass is 9.83. The second-order valence-electron chi connectivity index (χ2n) is 8.39. The van der Waals surface area contributed by atoms with E-state index in [2.05, 4.69) is 21.8 Å². The van der Waals surface area contributed by atoms with E-state index >= 15 is 0 Å². The third kappa shape index (κ3) is 4.17. The van der Waals surface area contributed by atoms with Gasteiger partial charge in [0.15, 0.2) is 0 Å². The second kappa shape index (κ2) is 7.91. The Balaban J connectivity index is 1.73. The van der Waals surface area contributed by atoms with E-state index in [0.717, 1.165) is 49.0 Å². The summed E-state index contributed by atoms with van der Waals surface area (Å²) in [6.45, 7) is 8.78. The van der Waals surface area contributed by atoms with Gasteiger partial charge in [0.05, 0.1) is 0 Å². The topological polar surface area (TPSA) is 75.4 Å². The number of rotatable bonds is 4. The average Bonchev–Trinajstić information content (AvgIpc) is 3.04. The van der Waals surface area contributed by atoms with Gasteiger partial charge in [-0.3, -0.25) is 4.79 Å². The molecule has 0 unspecified atom stereocenters. The first-order valence-electron chi connectivity index (χ1n) is 9.96. The van der Waals surface area contributed by atoms with Crippen molar-refractivity contribution in [1.29, 1.82) is 0 Å². The molecule has 26 heavy (non-hydrogen) atoms. The van der Waals surface area contributed by atoms with Gasteiger partial charge in [-0.15, -0.1) is 0 Å². The molecule has 2 N–H and O–H groups in total. The summed E-state index contributed by atoms with van der Waals surface area (Å²) in [5.74, 6) is 2.54. The van der Waals surface area contributed by atoms with Crippen LogP contribution >= 0.6 is 0 Å². The zero-order chi connectivity index (χ0) is 18.8. The van der Waals surface area contributed by atoms with Crippen LogP contribution in [-0.4, -0.2) is 53.5 Å². The fourth-order valence-corrected chi connectivity index (χ4v) is 4.15. The lowest BCUT2D eigenvalue weighted by Crippen LogP contribution is -2.35. The normalized spacial score (nSPS) is 26.2. The van der Waals surface area contributed by atoms with Gasteiger partial charge < -0.3 is 15.5 Å². The molecule has 6 nitrogen and oxygen atoms in total. The quantitative estimate of drug-likeness (QED) is 0.894. The first-order chi connectivity index (χ1) is 12.3. The summed E-state index contributed by atoms with van der Waals surface area (Å²) in [6.07, 6.45) is 5.93. The fraction of sp³-hybridized carbons (Fsp3) is 0.750. The molecule has 1 saturated carbocycles. The number of aryl methyl sites for hydroxylation is 1. The number of hydrogen-bond acceptors (Lipinski definition) is 5. The minimum Gasteiger partial charge on any atom is -0.355 e. The van der Waals surface area contributed by atoms with Gasteiger partial charge in [0.25, 0.3) is 5.91 Å². The van der Waals surface area contributed by atoms with E-state index in [4.69, 9.17) is 5.73 Å². The van der Waals surface area contributed by atoms with Gasteiger partial charge in [-0.05, 0) is 44.9 Å². The molecule has 1 aromatic rings. The number of aromatic nitrogens is 2. The Morgan fingerprint density at radius 2 is 1.88 bits per heavy atom. The molecule has 3 rings (SSSR count). The summed E-state index contributed by atoms with van der Waals surface area (Å²) in [7, 11) is 1.88. The van der Waals surface area contributed by atoms with Gasteiger partial charge in [0, 0.05) is 44.0 Å². The largest absolute Gasteiger partial charge is 0.355 e. The zero-order valence-corrected chi connectivity index (χ0v) is 16.7. The average molecular weight is 360 g/mol. The summed E-state index contributed by atoms with van der Waals surface area (Å²) in [6, 6.07) is 0.181. The van der Waals surface area contributed by atoms with Crippen LogP contribution in [0.25, 0.3) is 0 Å². The molecular formula is C20H33N5O. The van der Waals surface area contributed by atoms with Gasteiger partial charge in [0.2, 0.25) is 5.82 Å². The summed E-state index contributed by atoms with van der Waals surface area (Å²) in [5, 5.41) is 0. The number of amides is 1. The van der Waals surface area contributed by atoms with Gasteiger partial charge in [-0.2, -0.15) is 0 Å². The predicted octanol–water partition coefficient (Wildman–Crippen LogP) is 2.53. The first-order valence-corrected chi connectivity index (χ1v) is 9.96. The second-order valence-corrected chi connectivity index (χ2v) is 8.39. The Morgan fingerprint density at radius 1 is 1.19 bits per heavy atom. The highest BCUT2D eigenvalue weighted by atomic mass is 16.2. The molecule has 1 aromatic heterocycles. The number of nitrogens with zero attached hydrogens (tertiary/aromatic N) is 4. The van der Waals surface area contributed by atoms with Crippen LogP contribution in [0, 0.1) is 25.7 Å². The number of carbonyl (C=O) groups is 1. The molecule has 0 bridgehead atoms. The van der Waals surface area contributed by atoms with Crippen LogP contribution in [0.5, 0.6) is 0 Å². The summed E-state index contributed by atoms with van der Waals surface area (Å²) >= 11 is 0. The van der Waals surface area contributed by atoms with E-state index in [-0.39, 0.29) is 11.9 Å². The maximum atomic E-state index is 12.9. The molecule has 2 fully saturated rings. The molecule has 0 radical (unpaired) electrons. The van der Waals surface area contributed by atoms with Crippen LogP contribution in [-0.2, 0) is 0 Å². The van der Waals surface area contributed by atoms with Crippen LogP contribution in [0.1, 0.15) is 60.9 Å². The molecule has 2 aliphatic rings. The number of anilines is 1. The third-order valence-electron chi connectivity index (χ3n) is 6.09. The monoisotopic (exact) mass is 359 g/mol. The first kappa shape index (κ1) is 19.1. The summed E-state index contributed by atoms with van der Waals surface area (Å²) in [5.41, 5.74) is 7.97. The van der Waals surface area contributed by atoms with E-state index < -0.39 is 0 Å². The van der Waals surface area contributed by atoms with Crippen molar-refractivity contribution < 1.29 is 4.79 Å². The lowest BCUT2D eigenvalue weighted by molar-refractivity contribution is 0.0742. The lowest BCUT2D eigenvalue weighted by Gasteiger charge is -2.29. The molecule has 6 heteroatoms. The summed E-state index contributed by atoms with van der Waals surface area (Å²) < 4.78 is 0. The van der Waals surface area contributed by atoms with E-state index in [9.17, 15) is 4.79 Å². The van der Waals surface area contributed by atoms with Crippen molar-refractivity contribution in [3.05, 3.63) is 17.1 Å². The van der Waals surface area contributed by atoms with Crippen molar-refractivity contribution in [2.24, 2.45) is 17.6 Å². The Kier molecular flexibility index (Phi) is 5.80. The highest BCUT2D eigenvalue weighted by Gasteiger charge is 2.27. The number of nitrogens with two attached hydrogens (primary N) is 1. The molecule has 1 aliphatic heterocycles. The molecule has 0 aromatic carbocycles. The Morgan fingerprint density at radius 3 is 2.50 bits per heavy atom. The molecular weight excluding hydrogens is 326 g/mol. The van der Waals surface area contributed by atoms with E-state index in [1.165, 1.54) is 25.7 Å².